The number of allylic oxidation sites excluding steroid dienone is 2. The van der Waals surface area contributed by atoms with E-state index in [2.05, 4.69) is 73.6 Å². The Morgan fingerprint density at radius 2 is 1.56 bits per heavy atom. The lowest BCUT2D eigenvalue weighted by molar-refractivity contribution is 0.597. The van der Waals surface area contributed by atoms with Gasteiger partial charge in [-0.3, -0.25) is 0 Å². The summed E-state index contributed by atoms with van der Waals surface area (Å²) < 4.78 is 0. The van der Waals surface area contributed by atoms with Crippen LogP contribution in [0.5, 0.6) is 0 Å². The molecule has 0 amide bonds. The van der Waals surface area contributed by atoms with Crippen LogP contribution in [0.15, 0.2) is 23.8 Å². The van der Waals surface area contributed by atoms with E-state index < -0.39 is 0 Å². The van der Waals surface area contributed by atoms with Crippen molar-refractivity contribution in [1.82, 2.24) is 0 Å². The van der Waals surface area contributed by atoms with Crippen LogP contribution in [0.1, 0.15) is 55.4 Å². The Morgan fingerprint density at radius 3 is 1.89 bits per heavy atom. The highest BCUT2D eigenvalue weighted by Crippen LogP contribution is 2.69. The van der Waals surface area contributed by atoms with Crippen molar-refractivity contribution in [3.63, 3.8) is 0 Å². The van der Waals surface area contributed by atoms with Gasteiger partial charge in [0.1, 0.15) is 0 Å². The molecular formula is C16H30NP. The Balaban J connectivity index is 3.27. The standard InChI is InChI=1S/C16H30NP/c1-12-9-10-16(8,13(17)11-12)18(14(2,3)4)15(5,6)7/h9-11,13H,17H2,1-8H3. The van der Waals surface area contributed by atoms with Crippen molar-refractivity contribution in [3.05, 3.63) is 23.8 Å². The molecule has 0 heterocycles. The molecule has 0 radical (unpaired) electrons. The van der Waals surface area contributed by atoms with E-state index in [4.69, 9.17) is 5.73 Å². The van der Waals surface area contributed by atoms with Gasteiger partial charge in [0.25, 0.3) is 0 Å². The van der Waals surface area contributed by atoms with E-state index >= 15 is 0 Å². The second-order valence-corrected chi connectivity index (χ2v) is 12.0. The third kappa shape index (κ3) is 3.06. The smallest absolute Gasteiger partial charge is 0.0359 e. The van der Waals surface area contributed by atoms with Crippen LogP contribution in [0.4, 0.5) is 0 Å². The zero-order valence-electron chi connectivity index (χ0n) is 13.3. The fourth-order valence-electron chi connectivity index (χ4n) is 3.59. The maximum Gasteiger partial charge on any atom is 0.0359 e. The molecule has 0 spiro atoms. The normalized spacial score (nSPS) is 29.7. The minimum absolute atomic E-state index is 0.0886. The molecule has 0 saturated carbocycles. The number of nitrogens with two attached hydrogens (primary N) is 1. The highest BCUT2D eigenvalue weighted by Gasteiger charge is 2.48. The Labute approximate surface area is 115 Å². The lowest BCUT2D eigenvalue weighted by Crippen LogP contribution is -2.49. The second-order valence-electron chi connectivity index (χ2n) is 7.67. The Morgan fingerprint density at radius 1 is 1.11 bits per heavy atom. The minimum atomic E-state index is -0.258. The molecule has 2 atom stereocenters. The third-order valence-electron chi connectivity index (χ3n) is 3.62. The zero-order valence-corrected chi connectivity index (χ0v) is 14.2. The molecule has 1 nitrogen and oxygen atoms in total. The topological polar surface area (TPSA) is 26.0 Å². The van der Waals surface area contributed by atoms with Crippen LogP contribution in [-0.4, -0.2) is 21.5 Å². The van der Waals surface area contributed by atoms with E-state index in [1.807, 2.05) is 0 Å². The first-order valence-electron chi connectivity index (χ1n) is 6.83. The van der Waals surface area contributed by atoms with Gasteiger partial charge in [-0.2, -0.15) is 0 Å². The maximum atomic E-state index is 6.49. The van der Waals surface area contributed by atoms with Gasteiger partial charge >= 0.3 is 0 Å². The SMILES string of the molecule is CC1=CC(N)C(C)(P(C(C)(C)C)C(C)(C)C)C=C1. The lowest BCUT2D eigenvalue weighted by Gasteiger charge is -2.54. The summed E-state index contributed by atoms with van der Waals surface area (Å²) in [7, 11) is -0.258. The molecule has 0 aliphatic heterocycles. The van der Waals surface area contributed by atoms with Crippen LogP contribution >= 0.6 is 7.92 Å². The summed E-state index contributed by atoms with van der Waals surface area (Å²) in [6.07, 6.45) is 6.85. The molecule has 2 unspecified atom stereocenters. The molecule has 1 aliphatic carbocycles. The molecule has 0 bridgehead atoms. The molecule has 0 fully saturated rings. The second kappa shape index (κ2) is 4.76. The average Bonchev–Trinajstić information content (AvgIpc) is 2.07. The zero-order chi connectivity index (χ0) is 14.4. The fourth-order valence-corrected chi connectivity index (χ4v) is 9.09. The maximum absolute atomic E-state index is 6.49. The number of hydrogen-bond acceptors (Lipinski definition) is 1. The molecule has 1 rings (SSSR count). The predicted molar refractivity (Wildman–Crippen MR) is 85.7 cm³/mol. The van der Waals surface area contributed by atoms with E-state index in [0.717, 1.165) is 0 Å². The van der Waals surface area contributed by atoms with Gasteiger partial charge in [0, 0.05) is 11.2 Å². The van der Waals surface area contributed by atoms with Gasteiger partial charge in [-0.05, 0) is 17.2 Å². The van der Waals surface area contributed by atoms with Crippen LogP contribution in [0.2, 0.25) is 0 Å². The third-order valence-corrected chi connectivity index (χ3v) is 7.72. The van der Waals surface area contributed by atoms with Gasteiger partial charge in [-0.1, -0.05) is 80.2 Å². The van der Waals surface area contributed by atoms with Gasteiger partial charge < -0.3 is 5.73 Å². The van der Waals surface area contributed by atoms with Gasteiger partial charge in [0.05, 0.1) is 0 Å². The fraction of sp³-hybridized carbons (Fsp3) is 0.750. The van der Waals surface area contributed by atoms with E-state index in [9.17, 15) is 0 Å². The van der Waals surface area contributed by atoms with E-state index in [0.29, 0.717) is 10.3 Å². The monoisotopic (exact) mass is 267 g/mol. The summed E-state index contributed by atoms with van der Waals surface area (Å²) in [5, 5.41) is 0.679. The largest absolute Gasteiger partial charge is 0.323 e. The van der Waals surface area contributed by atoms with Gasteiger partial charge in [0.2, 0.25) is 0 Å². The molecular weight excluding hydrogens is 237 g/mol. The lowest BCUT2D eigenvalue weighted by atomic mass is 9.93. The van der Waals surface area contributed by atoms with E-state index in [1.165, 1.54) is 5.57 Å². The molecule has 1 aliphatic rings. The summed E-state index contributed by atoms with van der Waals surface area (Å²) in [6.45, 7) is 18.7. The highest BCUT2D eigenvalue weighted by molar-refractivity contribution is 7.62. The number of rotatable bonds is 1. The summed E-state index contributed by atoms with van der Waals surface area (Å²) in [5.41, 5.74) is 7.78. The summed E-state index contributed by atoms with van der Waals surface area (Å²) in [6, 6.07) is 0.132. The van der Waals surface area contributed by atoms with Crippen molar-refractivity contribution in [3.8, 4) is 0 Å². The first kappa shape index (κ1) is 15.9. The summed E-state index contributed by atoms with van der Waals surface area (Å²) in [4.78, 5) is 0. The first-order valence-corrected chi connectivity index (χ1v) is 8.17. The molecule has 2 heteroatoms. The van der Waals surface area contributed by atoms with Crippen molar-refractivity contribution in [2.24, 2.45) is 5.73 Å². The first-order chi connectivity index (χ1) is 7.89. The molecule has 0 aromatic rings. The van der Waals surface area contributed by atoms with Crippen molar-refractivity contribution < 1.29 is 0 Å². The Kier molecular flexibility index (Phi) is 4.21. The van der Waals surface area contributed by atoms with Gasteiger partial charge in [0.15, 0.2) is 0 Å². The minimum Gasteiger partial charge on any atom is -0.323 e. The van der Waals surface area contributed by atoms with Crippen LogP contribution in [0, 0.1) is 0 Å². The van der Waals surface area contributed by atoms with E-state index in [-0.39, 0.29) is 19.1 Å². The van der Waals surface area contributed by atoms with Gasteiger partial charge in [-0.25, -0.2) is 0 Å². The summed E-state index contributed by atoms with van der Waals surface area (Å²) >= 11 is 0. The van der Waals surface area contributed by atoms with Crippen LogP contribution in [0.3, 0.4) is 0 Å². The predicted octanol–water partition coefficient (Wildman–Crippen LogP) is 4.67. The van der Waals surface area contributed by atoms with Crippen molar-refractivity contribution in [2.75, 3.05) is 0 Å². The van der Waals surface area contributed by atoms with Crippen molar-refractivity contribution in [1.29, 1.82) is 0 Å². The molecule has 0 aromatic carbocycles. The average molecular weight is 267 g/mol. The van der Waals surface area contributed by atoms with Gasteiger partial charge in [-0.15, -0.1) is 0 Å². The molecule has 18 heavy (non-hydrogen) atoms. The molecule has 0 saturated heterocycles. The van der Waals surface area contributed by atoms with Crippen LogP contribution in [-0.2, 0) is 0 Å². The number of hydrogen-bond donors (Lipinski definition) is 1. The van der Waals surface area contributed by atoms with Crippen molar-refractivity contribution in [2.45, 2.75) is 76.9 Å². The molecule has 2 N–H and O–H groups in total. The molecule has 0 aromatic heterocycles. The highest BCUT2D eigenvalue weighted by atomic mass is 31.1. The Bertz CT molecular complexity index is 354. The Hall–Kier alpha value is -0.130. The van der Waals surface area contributed by atoms with Crippen molar-refractivity contribution >= 4 is 7.92 Å². The van der Waals surface area contributed by atoms with Crippen LogP contribution < -0.4 is 5.73 Å². The summed E-state index contributed by atoms with van der Waals surface area (Å²) in [5.74, 6) is 0. The van der Waals surface area contributed by atoms with Crippen LogP contribution in [0.25, 0.3) is 0 Å². The molecule has 104 valence electrons. The van der Waals surface area contributed by atoms with E-state index in [1.54, 1.807) is 0 Å². The quantitative estimate of drug-likeness (QED) is 0.687.